The van der Waals surface area contributed by atoms with Gasteiger partial charge in [-0.2, -0.15) is 0 Å². The lowest BCUT2D eigenvalue weighted by Gasteiger charge is -2.10. The predicted molar refractivity (Wildman–Crippen MR) is 233 cm³/mol. The number of hydrogen-bond donors (Lipinski definition) is 5. The lowest BCUT2D eigenvalue weighted by molar-refractivity contribution is -0.143. The van der Waals surface area contributed by atoms with Crippen molar-refractivity contribution in [3.8, 4) is 5.75 Å². The molecule has 0 aliphatic rings. The Labute approximate surface area is 369 Å². The van der Waals surface area contributed by atoms with E-state index in [1.54, 1.807) is 12.1 Å². The van der Waals surface area contributed by atoms with Gasteiger partial charge in [0.15, 0.2) is 0 Å². The molecule has 0 bridgehead atoms. The van der Waals surface area contributed by atoms with Gasteiger partial charge in [0.1, 0.15) is 25.6 Å². The molecule has 63 heavy (non-hydrogen) atoms. The third-order valence-electron chi connectivity index (χ3n) is 9.36. The second-order valence-corrected chi connectivity index (χ2v) is 16.3. The highest BCUT2D eigenvalue weighted by Crippen LogP contribution is 2.19. The number of nitrogens with zero attached hydrogens (tertiary/aromatic N) is 2. The molecule has 19 heteroatoms. The first-order valence-electron chi connectivity index (χ1n) is 21.5. The summed E-state index contributed by atoms with van der Waals surface area (Å²) in [6.07, 6.45) is 16.4. The summed E-state index contributed by atoms with van der Waals surface area (Å²) in [4.78, 5) is 53.1. The Morgan fingerprint density at radius 3 is 1.68 bits per heavy atom. The van der Waals surface area contributed by atoms with E-state index in [1.807, 2.05) is 12.1 Å². The fourth-order valence-corrected chi connectivity index (χ4v) is 6.93. The van der Waals surface area contributed by atoms with E-state index < -0.39 is 34.5 Å². The maximum atomic E-state index is 13.0. The van der Waals surface area contributed by atoms with Gasteiger partial charge in [0, 0.05) is 31.9 Å². The molecule has 2 aromatic carbocycles. The molecular weight excluding hydrogens is 839 g/mol. The minimum Gasteiger partial charge on any atom is -0.489 e. The highest BCUT2D eigenvalue weighted by molar-refractivity contribution is 7.92. The van der Waals surface area contributed by atoms with Crippen molar-refractivity contribution in [1.29, 1.82) is 0 Å². The largest absolute Gasteiger partial charge is 0.489 e. The zero-order chi connectivity index (χ0) is 45.4. The number of nitrogens with one attached hydrogen (secondary N) is 3. The Kier molecular flexibility index (Phi) is 26.2. The Morgan fingerprint density at radius 2 is 1.10 bits per heavy atom. The van der Waals surface area contributed by atoms with Crippen LogP contribution in [0, 0.1) is 0 Å². The van der Waals surface area contributed by atoms with Gasteiger partial charge in [0.25, 0.3) is 15.9 Å². The van der Waals surface area contributed by atoms with Gasteiger partial charge in [-0.3, -0.25) is 14.4 Å². The molecule has 0 unspecified atom stereocenters. The van der Waals surface area contributed by atoms with Gasteiger partial charge in [0.2, 0.25) is 11.9 Å². The molecule has 0 saturated heterocycles. The number of carboxylic acids is 2. The fourth-order valence-electron chi connectivity index (χ4n) is 5.97. The van der Waals surface area contributed by atoms with Gasteiger partial charge >= 0.3 is 11.9 Å². The van der Waals surface area contributed by atoms with Gasteiger partial charge in [0.05, 0.1) is 50.1 Å². The predicted octanol–water partition coefficient (Wildman–Crippen LogP) is 5.16. The number of ether oxygens (including phenoxy) is 5. The van der Waals surface area contributed by atoms with Gasteiger partial charge in [-0.1, -0.05) is 82.1 Å². The van der Waals surface area contributed by atoms with Crippen molar-refractivity contribution in [2.24, 2.45) is 0 Å². The van der Waals surface area contributed by atoms with Crippen LogP contribution in [0.3, 0.4) is 0 Å². The molecule has 18 nitrogen and oxygen atoms in total. The van der Waals surface area contributed by atoms with Gasteiger partial charge in [-0.25, -0.2) is 27.9 Å². The number of sulfonamides is 1. The molecule has 3 rings (SSSR count). The summed E-state index contributed by atoms with van der Waals surface area (Å²) >= 11 is 0. The van der Waals surface area contributed by atoms with Gasteiger partial charge in [-0.05, 0) is 54.7 Å². The summed E-state index contributed by atoms with van der Waals surface area (Å²) in [5, 5.41) is 22.4. The highest BCUT2D eigenvalue weighted by Gasteiger charge is 2.17. The van der Waals surface area contributed by atoms with Crippen molar-refractivity contribution >= 4 is 39.7 Å². The number of aryl methyl sites for hydroxylation is 1. The lowest BCUT2D eigenvalue weighted by atomic mass is 10.0. The van der Waals surface area contributed by atoms with Gasteiger partial charge < -0.3 is 44.5 Å². The van der Waals surface area contributed by atoms with E-state index in [0.717, 1.165) is 43.4 Å². The lowest BCUT2D eigenvalue weighted by Crippen LogP contribution is -2.31. The molecule has 1 heterocycles. The van der Waals surface area contributed by atoms with E-state index in [1.165, 1.54) is 75.0 Å². The number of rotatable bonds is 37. The van der Waals surface area contributed by atoms with Crippen molar-refractivity contribution < 1.29 is 61.5 Å². The molecule has 0 atom stereocenters. The van der Waals surface area contributed by atoms with Crippen molar-refractivity contribution in [1.82, 2.24) is 20.6 Å². The zero-order valence-corrected chi connectivity index (χ0v) is 36.7. The zero-order valence-electron chi connectivity index (χ0n) is 35.9. The average Bonchev–Trinajstić information content (AvgIpc) is 3.26. The third-order valence-corrected chi connectivity index (χ3v) is 10.7. The summed E-state index contributed by atoms with van der Waals surface area (Å²) < 4.78 is 54.9. The van der Waals surface area contributed by atoms with Gasteiger partial charge in [-0.15, -0.1) is 0 Å². The van der Waals surface area contributed by atoms with Crippen LogP contribution in [0.5, 0.6) is 5.75 Å². The van der Waals surface area contributed by atoms with Crippen LogP contribution in [0.1, 0.15) is 98.5 Å². The van der Waals surface area contributed by atoms with E-state index in [9.17, 15) is 27.6 Å². The van der Waals surface area contributed by atoms with Crippen molar-refractivity contribution in [3.63, 3.8) is 0 Å². The number of unbranched alkanes of at least 4 members (excludes halogenated alkanes) is 10. The molecule has 0 saturated carbocycles. The summed E-state index contributed by atoms with van der Waals surface area (Å²) in [6, 6.07) is 14.3. The standard InChI is InChI=1S/C44H63N5O13S/c50-40(45-22-24-58-27-29-61-34-42(53)54)33-60-28-26-59-25-23-46-43(55)37-30-47-44(48-31-37)49-63(56,57)39-20-16-36(17-21-39)32-62-38-18-14-35(15-19-38)12-10-8-6-4-2-1-3-5-7-9-11-13-41(51)52/h14-21,30-31H,1-13,22-29,32-34H2,(H,45,50)(H,46,55)(H,51,52)(H,53,54)(H,47,48,49). The minimum atomic E-state index is -4.00. The summed E-state index contributed by atoms with van der Waals surface area (Å²) in [5.74, 6) is -2.04. The number of amides is 2. The number of hydrogen-bond acceptors (Lipinski definition) is 13. The molecule has 2 amide bonds. The molecule has 348 valence electrons. The summed E-state index contributed by atoms with van der Waals surface area (Å²) in [7, 11) is -4.00. The SMILES string of the molecule is O=C(O)CCCCCCCCCCCCCc1ccc(OCc2ccc(S(=O)(=O)Nc3ncc(C(=O)NCCOCCOCC(=O)NCCOCCOCC(=O)O)cn3)cc2)cc1. The first-order valence-corrected chi connectivity index (χ1v) is 22.9. The van der Waals surface area contributed by atoms with E-state index in [4.69, 9.17) is 33.9 Å². The van der Waals surface area contributed by atoms with Crippen molar-refractivity contribution in [3.05, 3.63) is 77.6 Å². The minimum absolute atomic E-state index is 0.0116. The number of aromatic nitrogens is 2. The molecule has 5 N–H and O–H groups in total. The smallest absolute Gasteiger partial charge is 0.329 e. The number of benzene rings is 2. The van der Waals surface area contributed by atoms with Crippen molar-refractivity contribution in [2.75, 3.05) is 70.7 Å². The Balaban J connectivity index is 1.21. The van der Waals surface area contributed by atoms with E-state index in [-0.39, 0.29) is 94.7 Å². The van der Waals surface area contributed by atoms with E-state index >= 15 is 0 Å². The first kappa shape index (κ1) is 52.1. The molecule has 0 radical (unpaired) electrons. The van der Waals surface area contributed by atoms with Crippen LogP contribution in [0.4, 0.5) is 5.95 Å². The quantitative estimate of drug-likeness (QED) is 0.0469. The maximum Gasteiger partial charge on any atom is 0.329 e. The molecule has 0 spiro atoms. The van der Waals surface area contributed by atoms with Crippen LogP contribution in [0.25, 0.3) is 0 Å². The molecule has 3 aromatic rings. The van der Waals surface area contributed by atoms with Crippen LogP contribution >= 0.6 is 0 Å². The Hall–Kier alpha value is -5.21. The Morgan fingerprint density at radius 1 is 0.571 bits per heavy atom. The van der Waals surface area contributed by atoms with Crippen molar-refractivity contribution in [2.45, 2.75) is 95.0 Å². The molecule has 0 aliphatic carbocycles. The molecule has 0 fully saturated rings. The topological polar surface area (TPSA) is 251 Å². The maximum absolute atomic E-state index is 13.0. The van der Waals surface area contributed by atoms with Crippen LogP contribution in [-0.4, -0.2) is 118 Å². The van der Waals surface area contributed by atoms with E-state index in [0.29, 0.717) is 0 Å². The first-order chi connectivity index (χ1) is 30.5. The van der Waals surface area contributed by atoms with Crippen LogP contribution in [0.15, 0.2) is 65.8 Å². The number of anilines is 1. The normalized spacial score (nSPS) is 11.2. The number of carbonyl (C=O) groups is 4. The fraction of sp³-hybridized carbons (Fsp3) is 0.545. The average molecular weight is 902 g/mol. The molecular formula is C44H63N5O13S. The van der Waals surface area contributed by atoms with Crippen LogP contribution in [-0.2, 0) is 56.4 Å². The summed E-state index contributed by atoms with van der Waals surface area (Å²) in [6.45, 7) is 1.26. The number of aliphatic carboxylic acids is 2. The molecule has 1 aromatic heterocycles. The number of carboxylic acid groups (broad SMARTS) is 2. The second-order valence-electron chi connectivity index (χ2n) is 14.6. The Bertz CT molecular complexity index is 1870. The van der Waals surface area contributed by atoms with Crippen LogP contribution in [0.2, 0.25) is 0 Å². The number of carbonyl (C=O) groups excluding carboxylic acids is 2. The molecule has 0 aliphatic heterocycles. The monoisotopic (exact) mass is 901 g/mol. The van der Waals surface area contributed by atoms with Crippen LogP contribution < -0.4 is 20.1 Å². The second kappa shape index (κ2) is 31.6. The third kappa shape index (κ3) is 24.9. The highest BCUT2D eigenvalue weighted by atomic mass is 32.2. The summed E-state index contributed by atoms with van der Waals surface area (Å²) in [5.41, 5.74) is 2.18. The van der Waals surface area contributed by atoms with E-state index in [2.05, 4.69) is 37.5 Å².